The lowest BCUT2D eigenvalue weighted by Crippen LogP contribution is -2.35. The van der Waals surface area contributed by atoms with E-state index in [0.29, 0.717) is 6.08 Å². The minimum absolute atomic E-state index is 0.0952. The molecule has 12 heteroatoms. The normalized spacial score (nSPS) is 17.3. The molecule has 0 fully saturated rings. The van der Waals surface area contributed by atoms with Crippen LogP contribution >= 0.6 is 0 Å². The van der Waals surface area contributed by atoms with Gasteiger partial charge in [-0.05, 0) is 18.2 Å². The average molecular weight is 426 g/mol. The molecule has 2 heterocycles. The second-order valence-electron chi connectivity index (χ2n) is 6.04. The summed E-state index contributed by atoms with van der Waals surface area (Å²) < 4.78 is 72.0. The van der Waals surface area contributed by atoms with Gasteiger partial charge in [-0.3, -0.25) is 4.79 Å². The van der Waals surface area contributed by atoms with Crippen LogP contribution < -0.4 is 14.8 Å². The fourth-order valence-corrected chi connectivity index (χ4v) is 4.11. The highest BCUT2D eigenvalue weighted by Crippen LogP contribution is 2.33. The first-order chi connectivity index (χ1) is 13.6. The summed E-state index contributed by atoms with van der Waals surface area (Å²) in [4.78, 5) is 12.3. The van der Waals surface area contributed by atoms with Gasteiger partial charge in [-0.15, -0.1) is 0 Å². The van der Waals surface area contributed by atoms with E-state index >= 15 is 0 Å². The molecule has 1 aliphatic heterocycles. The van der Waals surface area contributed by atoms with Gasteiger partial charge in [0.1, 0.15) is 23.4 Å². The first-order valence-electron chi connectivity index (χ1n) is 8.00. The molecule has 0 unspecified atom stereocenters. The number of amides is 1. The van der Waals surface area contributed by atoms with E-state index in [1.165, 1.54) is 17.7 Å². The topological polar surface area (TPSA) is 113 Å². The van der Waals surface area contributed by atoms with E-state index in [-0.39, 0.29) is 22.7 Å². The van der Waals surface area contributed by atoms with Crippen LogP contribution in [0.5, 0.6) is 5.75 Å². The van der Waals surface area contributed by atoms with Crippen LogP contribution in [-0.4, -0.2) is 31.5 Å². The largest absolute Gasteiger partial charge is 0.488 e. The number of halogens is 3. The summed E-state index contributed by atoms with van der Waals surface area (Å²) in [5, 5.41) is 11.3. The molecule has 152 valence electrons. The van der Waals surface area contributed by atoms with Crippen molar-refractivity contribution in [2.24, 2.45) is 7.05 Å². The van der Waals surface area contributed by atoms with Crippen LogP contribution in [0, 0.1) is 17.1 Å². The zero-order valence-corrected chi connectivity index (χ0v) is 15.6. The number of ether oxygens (including phenoxy) is 1. The van der Waals surface area contributed by atoms with Crippen LogP contribution in [0.25, 0.3) is 0 Å². The Kier molecular flexibility index (Phi) is 5.36. The molecule has 0 radical (unpaired) electrons. The van der Waals surface area contributed by atoms with E-state index in [1.807, 2.05) is 0 Å². The van der Waals surface area contributed by atoms with Crippen LogP contribution in [0.3, 0.4) is 0 Å². The Bertz CT molecular complexity index is 1160. The van der Waals surface area contributed by atoms with Crippen LogP contribution in [-0.2, 0) is 17.1 Å². The maximum absolute atomic E-state index is 13.4. The highest BCUT2D eigenvalue weighted by atomic mass is 32.2. The number of nitrogens with zero attached hydrogens (tertiary/aromatic N) is 2. The zero-order chi connectivity index (χ0) is 21.3. The Hall–Kier alpha value is -3.30. The van der Waals surface area contributed by atoms with Crippen molar-refractivity contribution in [2.45, 2.75) is 10.9 Å². The number of nitrogens with one attached hydrogen (secondary N) is 2. The average Bonchev–Trinajstić information content (AvgIpc) is 2.92. The number of rotatable bonds is 3. The molecular weight excluding hydrogens is 413 g/mol. The van der Waals surface area contributed by atoms with Crippen LogP contribution in [0.4, 0.5) is 18.9 Å². The van der Waals surface area contributed by atoms with E-state index in [4.69, 9.17) is 10.00 Å². The summed E-state index contributed by atoms with van der Waals surface area (Å²) in [6.45, 7) is -0.469. The zero-order valence-electron chi connectivity index (χ0n) is 14.7. The van der Waals surface area contributed by atoms with Crippen molar-refractivity contribution in [1.29, 1.82) is 5.26 Å². The lowest BCUT2D eigenvalue weighted by Gasteiger charge is -2.12. The number of anilines is 1. The molecule has 0 saturated carbocycles. The number of sulfonamides is 1. The van der Waals surface area contributed by atoms with E-state index in [0.717, 1.165) is 18.3 Å². The smallest absolute Gasteiger partial charge is 0.276 e. The summed E-state index contributed by atoms with van der Waals surface area (Å²) in [6.07, 6.45) is -0.586. The van der Waals surface area contributed by atoms with Crippen molar-refractivity contribution in [2.75, 3.05) is 11.9 Å². The molecule has 0 saturated heterocycles. The van der Waals surface area contributed by atoms with Gasteiger partial charge in [0.05, 0.1) is 11.6 Å². The minimum Gasteiger partial charge on any atom is -0.488 e. The number of hydrogen-bond donors (Lipinski definition) is 2. The number of aromatic nitrogens is 1. The Labute approximate surface area is 163 Å². The van der Waals surface area contributed by atoms with Crippen molar-refractivity contribution >= 4 is 21.6 Å². The third-order valence-electron chi connectivity index (χ3n) is 3.99. The molecule has 3 rings (SSSR count). The van der Waals surface area contributed by atoms with Crippen molar-refractivity contribution in [3.8, 4) is 11.8 Å². The Morgan fingerprint density at radius 3 is 2.83 bits per heavy atom. The lowest BCUT2D eigenvalue weighted by atomic mass is 10.2. The third-order valence-corrected chi connectivity index (χ3v) is 5.48. The second-order valence-corrected chi connectivity index (χ2v) is 7.72. The molecule has 1 aliphatic rings. The summed E-state index contributed by atoms with van der Waals surface area (Å²) in [5.74, 6) is -1.88. The maximum Gasteiger partial charge on any atom is 0.276 e. The second kappa shape index (κ2) is 7.61. The third kappa shape index (κ3) is 4.10. The molecule has 1 atom stereocenters. The lowest BCUT2D eigenvalue weighted by molar-refractivity contribution is 0.101. The minimum atomic E-state index is -4.24. The van der Waals surface area contributed by atoms with Crippen molar-refractivity contribution < 1.29 is 31.1 Å². The highest BCUT2D eigenvalue weighted by Gasteiger charge is 2.34. The number of aryl methyl sites for hydroxylation is 1. The van der Waals surface area contributed by atoms with Gasteiger partial charge >= 0.3 is 0 Å². The monoisotopic (exact) mass is 426 g/mol. The molecule has 1 aromatic carbocycles. The Morgan fingerprint density at radius 1 is 1.45 bits per heavy atom. The molecule has 0 bridgehead atoms. The number of benzene rings is 1. The molecule has 0 aliphatic carbocycles. The van der Waals surface area contributed by atoms with Gasteiger partial charge < -0.3 is 14.6 Å². The van der Waals surface area contributed by atoms with Crippen molar-refractivity contribution in [3.05, 3.63) is 53.6 Å². The first kappa shape index (κ1) is 20.4. The molecule has 0 spiro atoms. The molecule has 2 aromatic rings. The standard InChI is InChI=1S/C17H13F3N4O4S/c1-24-7-13-16(28-8-11(5-14(19)20)23-29(13,26)27)15(24)17(25)22-10-2-3-12(18)9(4-10)6-21/h2-5,7,11,23H,8H2,1H3,(H,22,25)/t11-/m1/s1. The molecule has 29 heavy (non-hydrogen) atoms. The summed E-state index contributed by atoms with van der Waals surface area (Å²) in [7, 11) is -2.85. The van der Waals surface area contributed by atoms with Gasteiger partial charge in [-0.1, -0.05) is 0 Å². The van der Waals surface area contributed by atoms with Crippen LogP contribution in [0.2, 0.25) is 0 Å². The predicted octanol–water partition coefficient (Wildman–Crippen LogP) is 2.11. The summed E-state index contributed by atoms with van der Waals surface area (Å²) >= 11 is 0. The van der Waals surface area contributed by atoms with E-state index in [1.54, 1.807) is 6.07 Å². The number of fused-ring (bicyclic) bond motifs is 1. The van der Waals surface area contributed by atoms with E-state index in [2.05, 4.69) is 10.0 Å². The van der Waals surface area contributed by atoms with Gasteiger partial charge in [-0.25, -0.2) is 17.5 Å². The number of nitriles is 1. The summed E-state index contributed by atoms with van der Waals surface area (Å²) in [6, 6.07) is 3.63. The highest BCUT2D eigenvalue weighted by molar-refractivity contribution is 7.89. The van der Waals surface area contributed by atoms with Gasteiger partial charge in [-0.2, -0.15) is 14.0 Å². The molecule has 1 aromatic heterocycles. The molecule has 1 amide bonds. The summed E-state index contributed by atoms with van der Waals surface area (Å²) in [5.41, 5.74) is -0.393. The number of carbonyl (C=O) groups is 1. The van der Waals surface area contributed by atoms with E-state index in [9.17, 15) is 26.4 Å². The van der Waals surface area contributed by atoms with Gasteiger partial charge in [0.2, 0.25) is 10.0 Å². The maximum atomic E-state index is 13.4. The Balaban J connectivity index is 1.97. The first-order valence-corrected chi connectivity index (χ1v) is 9.49. The van der Waals surface area contributed by atoms with E-state index < -0.39 is 45.4 Å². The van der Waals surface area contributed by atoms with Crippen LogP contribution in [0.15, 0.2) is 41.4 Å². The SMILES string of the molecule is Cn1cc2c(c1C(=O)Nc1ccc(F)c(C#N)c1)OC[C@@H](C=C(F)F)NS2(=O)=O. The van der Waals surface area contributed by atoms with Crippen LogP contribution in [0.1, 0.15) is 16.1 Å². The van der Waals surface area contributed by atoms with Gasteiger partial charge in [0, 0.05) is 25.0 Å². The van der Waals surface area contributed by atoms with Crippen molar-refractivity contribution in [3.63, 3.8) is 0 Å². The molecular formula is C17H13F3N4O4S. The number of carbonyl (C=O) groups excluding carboxylic acids is 1. The Morgan fingerprint density at radius 2 is 2.17 bits per heavy atom. The predicted molar refractivity (Wildman–Crippen MR) is 94.4 cm³/mol. The van der Waals surface area contributed by atoms with Gasteiger partial charge in [0.15, 0.2) is 11.4 Å². The molecule has 2 N–H and O–H groups in total. The number of hydrogen-bond acceptors (Lipinski definition) is 5. The van der Waals surface area contributed by atoms with Crippen molar-refractivity contribution in [1.82, 2.24) is 9.29 Å². The fraction of sp³-hybridized carbons (Fsp3) is 0.176. The molecule has 8 nitrogen and oxygen atoms in total. The van der Waals surface area contributed by atoms with Gasteiger partial charge in [0.25, 0.3) is 12.0 Å². The fourth-order valence-electron chi connectivity index (χ4n) is 2.75. The quantitative estimate of drug-likeness (QED) is 0.781.